The summed E-state index contributed by atoms with van der Waals surface area (Å²) in [5, 5.41) is 1.46. The molecule has 0 atom stereocenters. The predicted molar refractivity (Wildman–Crippen MR) is 127 cm³/mol. The minimum atomic E-state index is -0.670. The Morgan fingerprint density at radius 2 is 1.85 bits per heavy atom. The highest BCUT2D eigenvalue weighted by Gasteiger charge is 2.13. The Kier molecular flexibility index (Phi) is 6.56. The Balaban J connectivity index is 1.87. The van der Waals surface area contributed by atoms with Crippen molar-refractivity contribution in [1.29, 1.82) is 0 Å². The lowest BCUT2D eigenvalue weighted by molar-refractivity contribution is -0.140. The van der Waals surface area contributed by atoms with Gasteiger partial charge in [0.1, 0.15) is 11.3 Å². The van der Waals surface area contributed by atoms with E-state index in [4.69, 9.17) is 16.0 Å². The summed E-state index contributed by atoms with van der Waals surface area (Å²) in [5.41, 5.74) is 1.86. The van der Waals surface area contributed by atoms with Crippen molar-refractivity contribution in [2.24, 2.45) is 4.99 Å². The summed E-state index contributed by atoms with van der Waals surface area (Å²) in [7, 11) is 1.25. The number of aromatic amines is 1. The van der Waals surface area contributed by atoms with Gasteiger partial charge < -0.3 is 9.15 Å². The number of hydrogen-bond acceptors (Lipinski definition) is 6. The quantitative estimate of drug-likeness (QED) is 0.424. The monoisotopic (exact) mass is 482 g/mol. The highest BCUT2D eigenvalue weighted by Crippen LogP contribution is 2.28. The van der Waals surface area contributed by atoms with Crippen LogP contribution in [0.4, 0.5) is 5.69 Å². The summed E-state index contributed by atoms with van der Waals surface area (Å²) in [5.74, 6) is 0.287. The fourth-order valence-electron chi connectivity index (χ4n) is 3.58. The van der Waals surface area contributed by atoms with E-state index in [9.17, 15) is 14.4 Å². The number of hydrogen-bond donors (Lipinski definition) is 1. The maximum atomic E-state index is 13.3. The smallest absolute Gasteiger partial charge is 0.335 e. The van der Waals surface area contributed by atoms with Gasteiger partial charge in [-0.2, -0.15) is 0 Å². The van der Waals surface area contributed by atoms with Crippen LogP contribution in [0, 0.1) is 13.8 Å². The van der Waals surface area contributed by atoms with Crippen LogP contribution in [0.5, 0.6) is 0 Å². The van der Waals surface area contributed by atoms with Crippen molar-refractivity contribution in [3.8, 4) is 0 Å². The second-order valence-electron chi connectivity index (χ2n) is 7.80. The molecule has 0 amide bonds. The van der Waals surface area contributed by atoms with E-state index in [1.165, 1.54) is 11.7 Å². The third kappa shape index (κ3) is 4.74. The first kappa shape index (κ1) is 23.3. The van der Waals surface area contributed by atoms with Crippen molar-refractivity contribution in [3.05, 3.63) is 91.0 Å². The molecule has 0 radical (unpaired) electrons. The molecule has 176 valence electrons. The number of nitrogens with one attached hydrogen (secondary N) is 1. The van der Waals surface area contributed by atoms with Crippen molar-refractivity contribution >= 4 is 34.2 Å². The number of rotatable bonds is 6. The van der Waals surface area contributed by atoms with E-state index in [2.05, 4.69) is 14.7 Å². The zero-order chi connectivity index (χ0) is 24.4. The Morgan fingerprint density at radius 3 is 2.56 bits per heavy atom. The summed E-state index contributed by atoms with van der Waals surface area (Å²) in [4.78, 5) is 44.8. The SMILES string of the molecule is COC(=O)CCn1c(=O)[nH]/c(=N\c2ccc3oc(C)c(C)c3c2)n(Cc2ccc(Cl)cc2)c1=O. The van der Waals surface area contributed by atoms with Crippen LogP contribution in [-0.4, -0.2) is 27.2 Å². The van der Waals surface area contributed by atoms with Gasteiger partial charge >= 0.3 is 17.3 Å². The van der Waals surface area contributed by atoms with Crippen LogP contribution in [0.25, 0.3) is 11.0 Å². The van der Waals surface area contributed by atoms with Gasteiger partial charge in [-0.25, -0.2) is 19.1 Å². The topological polar surface area (TPSA) is 112 Å². The molecule has 0 unspecified atom stereocenters. The zero-order valence-corrected chi connectivity index (χ0v) is 19.7. The molecule has 0 aliphatic carbocycles. The number of furan rings is 1. The molecule has 1 N–H and O–H groups in total. The van der Waals surface area contributed by atoms with Gasteiger partial charge in [-0.1, -0.05) is 23.7 Å². The van der Waals surface area contributed by atoms with Gasteiger partial charge in [0.25, 0.3) is 0 Å². The number of carbonyl (C=O) groups is 1. The van der Waals surface area contributed by atoms with Gasteiger partial charge in [-0.05, 0) is 55.3 Å². The Morgan fingerprint density at radius 1 is 1.12 bits per heavy atom. The van der Waals surface area contributed by atoms with Crippen molar-refractivity contribution < 1.29 is 13.9 Å². The minimum absolute atomic E-state index is 0.0801. The van der Waals surface area contributed by atoms with E-state index in [0.29, 0.717) is 10.7 Å². The van der Waals surface area contributed by atoms with Gasteiger partial charge in [-0.3, -0.25) is 14.3 Å². The largest absolute Gasteiger partial charge is 0.469 e. The molecule has 2 aromatic heterocycles. The first-order valence-corrected chi connectivity index (χ1v) is 10.9. The number of esters is 1. The van der Waals surface area contributed by atoms with E-state index in [0.717, 1.165) is 32.4 Å². The van der Waals surface area contributed by atoms with Crippen molar-refractivity contribution in [1.82, 2.24) is 14.1 Å². The molecule has 2 heterocycles. The fraction of sp³-hybridized carbons (Fsp3) is 0.250. The number of aromatic nitrogens is 3. The first-order chi connectivity index (χ1) is 16.3. The summed E-state index contributed by atoms with van der Waals surface area (Å²) in [6.07, 6.45) is -0.118. The van der Waals surface area contributed by atoms with E-state index in [1.807, 2.05) is 19.9 Å². The predicted octanol–water partition coefficient (Wildman–Crippen LogP) is 3.20. The molecule has 10 heteroatoms. The lowest BCUT2D eigenvalue weighted by Gasteiger charge is -2.11. The zero-order valence-electron chi connectivity index (χ0n) is 18.9. The molecule has 0 fully saturated rings. The van der Waals surface area contributed by atoms with Crippen LogP contribution in [-0.2, 0) is 22.6 Å². The van der Waals surface area contributed by atoms with Crippen LogP contribution in [0.1, 0.15) is 23.3 Å². The first-order valence-electron chi connectivity index (χ1n) is 10.6. The number of fused-ring (bicyclic) bond motifs is 1. The average Bonchev–Trinajstić information content (AvgIpc) is 3.10. The van der Waals surface area contributed by atoms with Gasteiger partial charge in [0, 0.05) is 17.0 Å². The van der Waals surface area contributed by atoms with E-state index in [-0.39, 0.29) is 25.1 Å². The summed E-state index contributed by atoms with van der Waals surface area (Å²) >= 11 is 5.99. The molecule has 0 aliphatic heterocycles. The lowest BCUT2D eigenvalue weighted by atomic mass is 10.1. The van der Waals surface area contributed by atoms with Crippen LogP contribution in [0.2, 0.25) is 5.02 Å². The van der Waals surface area contributed by atoms with Gasteiger partial charge in [0.05, 0.1) is 25.8 Å². The maximum Gasteiger partial charge on any atom is 0.335 e. The minimum Gasteiger partial charge on any atom is -0.469 e. The third-order valence-corrected chi connectivity index (χ3v) is 5.85. The fourth-order valence-corrected chi connectivity index (χ4v) is 3.71. The number of carbonyl (C=O) groups excluding carboxylic acids is 1. The van der Waals surface area contributed by atoms with Gasteiger partial charge in [0.2, 0.25) is 5.62 Å². The van der Waals surface area contributed by atoms with Crippen LogP contribution < -0.4 is 17.0 Å². The molecule has 0 saturated carbocycles. The summed E-state index contributed by atoms with van der Waals surface area (Å²) in [6.45, 7) is 3.85. The molecule has 9 nitrogen and oxygen atoms in total. The molecule has 0 bridgehead atoms. The normalized spacial score (nSPS) is 11.8. The van der Waals surface area contributed by atoms with E-state index < -0.39 is 17.3 Å². The highest BCUT2D eigenvalue weighted by atomic mass is 35.5. The molecule has 0 spiro atoms. The van der Waals surface area contributed by atoms with Gasteiger partial charge in [0.15, 0.2) is 0 Å². The van der Waals surface area contributed by atoms with Gasteiger partial charge in [-0.15, -0.1) is 0 Å². The average molecular weight is 483 g/mol. The summed E-state index contributed by atoms with van der Waals surface area (Å²) in [6, 6.07) is 12.4. The molecular formula is C24H23ClN4O5. The third-order valence-electron chi connectivity index (χ3n) is 5.60. The number of methoxy groups -OCH3 is 1. The second-order valence-corrected chi connectivity index (χ2v) is 8.24. The number of nitrogens with zero attached hydrogens (tertiary/aromatic N) is 3. The Bertz CT molecular complexity index is 1560. The molecular weight excluding hydrogens is 460 g/mol. The van der Waals surface area contributed by atoms with Crippen molar-refractivity contribution in [3.63, 3.8) is 0 Å². The lowest BCUT2D eigenvalue weighted by Crippen LogP contribution is -2.50. The Hall–Kier alpha value is -3.85. The maximum absolute atomic E-state index is 13.3. The number of benzene rings is 2. The molecule has 0 aliphatic rings. The van der Waals surface area contributed by atoms with Crippen LogP contribution in [0.3, 0.4) is 0 Å². The number of aryl methyl sites for hydroxylation is 2. The molecule has 34 heavy (non-hydrogen) atoms. The molecule has 0 saturated heterocycles. The van der Waals surface area contributed by atoms with E-state index >= 15 is 0 Å². The highest BCUT2D eigenvalue weighted by molar-refractivity contribution is 6.30. The number of H-pyrrole nitrogens is 1. The second kappa shape index (κ2) is 9.56. The molecule has 4 aromatic rings. The Labute approximate surface area is 198 Å². The summed E-state index contributed by atoms with van der Waals surface area (Å²) < 4.78 is 12.6. The van der Waals surface area contributed by atoms with E-state index in [1.54, 1.807) is 36.4 Å². The van der Waals surface area contributed by atoms with Crippen molar-refractivity contribution in [2.45, 2.75) is 33.4 Å². The molecule has 2 aromatic carbocycles. The van der Waals surface area contributed by atoms with Crippen LogP contribution in [0.15, 0.2) is 61.5 Å². The standard InChI is InChI=1S/C24H23ClN4O5/c1-14-15(2)34-20-9-8-18(12-19(14)20)26-22-27-23(31)28(11-10-21(30)33-3)24(32)29(22)13-16-4-6-17(25)7-5-16/h4-9,12H,10-11,13H2,1-3H3,(H,26,27,31). The molecule has 4 rings (SSSR count). The van der Waals surface area contributed by atoms with Crippen LogP contribution >= 0.6 is 11.6 Å². The van der Waals surface area contributed by atoms with Crippen molar-refractivity contribution in [2.75, 3.05) is 7.11 Å². The number of ether oxygens (including phenoxy) is 1. The number of halogens is 1.